The van der Waals surface area contributed by atoms with Gasteiger partial charge < -0.3 is 14.4 Å². The maximum atomic E-state index is 11.3. The number of hydrogen-bond acceptors (Lipinski definition) is 6. The van der Waals surface area contributed by atoms with E-state index in [0.717, 1.165) is 5.56 Å². The second kappa shape index (κ2) is 8.21. The molecule has 1 aromatic rings. The predicted octanol–water partition coefficient (Wildman–Crippen LogP) is 1.99. The molecule has 0 amide bonds. The highest BCUT2D eigenvalue weighted by atomic mass is 16.6. The molecule has 0 spiro atoms. The van der Waals surface area contributed by atoms with Gasteiger partial charge in [-0.05, 0) is 25.6 Å². The average molecular weight is 296 g/mol. The summed E-state index contributed by atoms with van der Waals surface area (Å²) in [6.07, 6.45) is 0.294. The molecule has 7 nitrogen and oxygen atoms in total. The normalized spacial score (nSPS) is 10.5. The first kappa shape index (κ1) is 16.9. The topological polar surface area (TPSA) is 81.9 Å². The Kier molecular flexibility index (Phi) is 6.61. The van der Waals surface area contributed by atoms with Gasteiger partial charge in [0.05, 0.1) is 25.1 Å². The van der Waals surface area contributed by atoms with E-state index < -0.39 is 4.92 Å². The van der Waals surface area contributed by atoms with Crippen molar-refractivity contribution in [3.63, 3.8) is 0 Å². The number of methoxy groups -OCH3 is 1. The van der Waals surface area contributed by atoms with E-state index in [1.54, 1.807) is 19.1 Å². The molecule has 0 aliphatic rings. The van der Waals surface area contributed by atoms with Gasteiger partial charge in [-0.3, -0.25) is 14.9 Å². The molecule has 1 aromatic carbocycles. The zero-order valence-corrected chi connectivity index (χ0v) is 12.5. The molecule has 0 aliphatic heterocycles. The van der Waals surface area contributed by atoms with Crippen molar-refractivity contribution in [1.82, 2.24) is 4.90 Å². The Labute approximate surface area is 123 Å². The summed E-state index contributed by atoms with van der Waals surface area (Å²) in [5.41, 5.74) is 0.725. The quantitative estimate of drug-likeness (QED) is 0.414. The summed E-state index contributed by atoms with van der Waals surface area (Å²) in [5.74, 6) is -0.0111. The Hall–Kier alpha value is -2.15. The lowest BCUT2D eigenvalue weighted by Crippen LogP contribution is -2.22. The number of ether oxygens (including phenoxy) is 2. The third kappa shape index (κ3) is 5.39. The van der Waals surface area contributed by atoms with Crippen molar-refractivity contribution < 1.29 is 19.2 Å². The molecule has 0 aliphatic carbocycles. The molecule has 0 saturated carbocycles. The van der Waals surface area contributed by atoms with Crippen LogP contribution in [-0.2, 0) is 16.1 Å². The molecule has 116 valence electrons. The van der Waals surface area contributed by atoms with E-state index in [4.69, 9.17) is 9.47 Å². The number of nitro groups is 1. The van der Waals surface area contributed by atoms with Crippen LogP contribution in [-0.4, -0.2) is 43.1 Å². The van der Waals surface area contributed by atoms with Crippen LogP contribution in [0.2, 0.25) is 0 Å². The molecular formula is C14H20N2O5. The van der Waals surface area contributed by atoms with Crippen LogP contribution < -0.4 is 4.74 Å². The number of rotatable bonds is 8. The van der Waals surface area contributed by atoms with Crippen LogP contribution in [0, 0.1) is 10.1 Å². The highest BCUT2D eigenvalue weighted by Gasteiger charge is 2.16. The maximum absolute atomic E-state index is 11.3. The van der Waals surface area contributed by atoms with Crippen LogP contribution in [0.25, 0.3) is 0 Å². The Balaban J connectivity index is 2.64. The fourth-order valence-electron chi connectivity index (χ4n) is 1.88. The first-order valence-corrected chi connectivity index (χ1v) is 6.63. The molecule has 0 heterocycles. The molecule has 0 aromatic heterocycles. The molecule has 0 unspecified atom stereocenters. The second-order valence-electron chi connectivity index (χ2n) is 4.56. The summed E-state index contributed by atoms with van der Waals surface area (Å²) in [4.78, 5) is 23.7. The number of hydrogen-bond donors (Lipinski definition) is 0. The fourth-order valence-corrected chi connectivity index (χ4v) is 1.88. The minimum atomic E-state index is -0.471. The number of benzene rings is 1. The van der Waals surface area contributed by atoms with Gasteiger partial charge >= 0.3 is 11.7 Å². The smallest absolute Gasteiger partial charge is 0.311 e. The largest absolute Gasteiger partial charge is 0.490 e. The fraction of sp³-hybridized carbons (Fsp3) is 0.500. The van der Waals surface area contributed by atoms with Gasteiger partial charge in [0, 0.05) is 19.2 Å². The van der Waals surface area contributed by atoms with Crippen LogP contribution >= 0.6 is 0 Å². The molecule has 0 atom stereocenters. The van der Waals surface area contributed by atoms with E-state index >= 15 is 0 Å². The van der Waals surface area contributed by atoms with Gasteiger partial charge in [-0.2, -0.15) is 0 Å². The molecular weight excluding hydrogens is 276 g/mol. The monoisotopic (exact) mass is 296 g/mol. The number of esters is 1. The van der Waals surface area contributed by atoms with Crippen LogP contribution in [0.4, 0.5) is 5.69 Å². The summed E-state index contributed by atoms with van der Waals surface area (Å²) in [5, 5.41) is 11.0. The van der Waals surface area contributed by atoms with E-state index in [1.807, 2.05) is 11.9 Å². The second-order valence-corrected chi connectivity index (χ2v) is 4.56. The standard InChI is InChI=1S/C14H20N2O5/c1-4-21-14(17)7-8-15(2)10-11-5-6-13(20-3)12(9-11)16(18)19/h5-6,9H,4,7-8,10H2,1-3H3. The number of carbonyl (C=O) groups excluding carboxylic acids is 1. The first-order chi connectivity index (χ1) is 9.97. The van der Waals surface area contributed by atoms with Crippen molar-refractivity contribution >= 4 is 11.7 Å². The first-order valence-electron chi connectivity index (χ1n) is 6.63. The van der Waals surface area contributed by atoms with E-state index in [1.165, 1.54) is 13.2 Å². The van der Waals surface area contributed by atoms with Crippen molar-refractivity contribution in [1.29, 1.82) is 0 Å². The Morgan fingerprint density at radius 3 is 2.71 bits per heavy atom. The third-order valence-corrected chi connectivity index (χ3v) is 2.90. The summed E-state index contributed by atoms with van der Waals surface area (Å²) in [6.45, 7) is 3.16. The molecule has 0 bridgehead atoms. The van der Waals surface area contributed by atoms with Crippen molar-refractivity contribution in [3.8, 4) is 5.75 Å². The van der Waals surface area contributed by atoms with Gasteiger partial charge in [0.25, 0.3) is 0 Å². The van der Waals surface area contributed by atoms with Gasteiger partial charge in [0.1, 0.15) is 0 Å². The molecule has 7 heteroatoms. The van der Waals surface area contributed by atoms with Crippen LogP contribution in [0.15, 0.2) is 18.2 Å². The van der Waals surface area contributed by atoms with Crippen molar-refractivity contribution in [2.75, 3.05) is 27.3 Å². The number of nitrogens with zero attached hydrogens (tertiary/aromatic N) is 2. The van der Waals surface area contributed by atoms with Gasteiger partial charge in [-0.15, -0.1) is 0 Å². The molecule has 21 heavy (non-hydrogen) atoms. The van der Waals surface area contributed by atoms with Gasteiger partial charge in [0.2, 0.25) is 0 Å². The minimum Gasteiger partial charge on any atom is -0.490 e. The van der Waals surface area contributed by atoms with E-state index in [0.29, 0.717) is 26.1 Å². The summed E-state index contributed by atoms with van der Waals surface area (Å²) in [6, 6.07) is 4.83. The molecule has 0 radical (unpaired) electrons. The van der Waals surface area contributed by atoms with Crippen molar-refractivity contribution in [3.05, 3.63) is 33.9 Å². The van der Waals surface area contributed by atoms with E-state index in [-0.39, 0.29) is 17.4 Å². The highest BCUT2D eigenvalue weighted by molar-refractivity contribution is 5.69. The lowest BCUT2D eigenvalue weighted by molar-refractivity contribution is -0.385. The van der Waals surface area contributed by atoms with Crippen LogP contribution in [0.5, 0.6) is 5.75 Å². The lowest BCUT2D eigenvalue weighted by atomic mass is 10.1. The molecule has 0 saturated heterocycles. The zero-order chi connectivity index (χ0) is 15.8. The Bertz CT molecular complexity index is 504. The zero-order valence-electron chi connectivity index (χ0n) is 12.5. The molecule has 0 fully saturated rings. The van der Waals surface area contributed by atoms with Crippen LogP contribution in [0.3, 0.4) is 0 Å². The number of carbonyl (C=O) groups is 1. The lowest BCUT2D eigenvalue weighted by Gasteiger charge is -2.16. The number of nitro benzene ring substituents is 1. The average Bonchev–Trinajstić information content (AvgIpc) is 2.45. The van der Waals surface area contributed by atoms with Crippen molar-refractivity contribution in [2.45, 2.75) is 19.9 Å². The SMILES string of the molecule is CCOC(=O)CCN(C)Cc1ccc(OC)c([N+](=O)[O-])c1. The van der Waals surface area contributed by atoms with Crippen LogP contribution in [0.1, 0.15) is 18.9 Å². The van der Waals surface area contributed by atoms with Gasteiger partial charge in [0.15, 0.2) is 5.75 Å². The third-order valence-electron chi connectivity index (χ3n) is 2.90. The summed E-state index contributed by atoms with van der Waals surface area (Å²) < 4.78 is 9.81. The summed E-state index contributed by atoms with van der Waals surface area (Å²) >= 11 is 0. The summed E-state index contributed by atoms with van der Waals surface area (Å²) in [7, 11) is 3.24. The predicted molar refractivity (Wildman–Crippen MR) is 77.2 cm³/mol. The van der Waals surface area contributed by atoms with Gasteiger partial charge in [-0.1, -0.05) is 6.07 Å². The molecule has 0 N–H and O–H groups in total. The van der Waals surface area contributed by atoms with Gasteiger partial charge in [-0.25, -0.2) is 0 Å². The highest BCUT2D eigenvalue weighted by Crippen LogP contribution is 2.27. The van der Waals surface area contributed by atoms with Crippen molar-refractivity contribution in [2.24, 2.45) is 0 Å². The van der Waals surface area contributed by atoms with E-state index in [2.05, 4.69) is 0 Å². The minimum absolute atomic E-state index is 0.0613. The Morgan fingerprint density at radius 2 is 2.14 bits per heavy atom. The molecule has 1 rings (SSSR count). The Morgan fingerprint density at radius 1 is 1.43 bits per heavy atom. The maximum Gasteiger partial charge on any atom is 0.311 e. The van der Waals surface area contributed by atoms with E-state index in [9.17, 15) is 14.9 Å².